The van der Waals surface area contributed by atoms with Crippen molar-refractivity contribution in [2.45, 2.75) is 32.9 Å². The number of nitrogens with zero attached hydrogens (tertiary/aromatic N) is 1. The number of carbonyl (C=O) groups excluding carboxylic acids is 1. The third-order valence-electron chi connectivity index (χ3n) is 4.51. The second kappa shape index (κ2) is 9.24. The van der Waals surface area contributed by atoms with Gasteiger partial charge in [-0.2, -0.15) is 0 Å². The highest BCUT2D eigenvalue weighted by atomic mass is 32.2. The molecule has 0 aromatic heterocycles. The zero-order valence-electron chi connectivity index (χ0n) is 16.1. The molecule has 29 heavy (non-hydrogen) atoms. The van der Waals surface area contributed by atoms with Crippen LogP contribution in [-0.4, -0.2) is 32.2 Å². The molecule has 1 unspecified atom stereocenters. The number of ether oxygens (including phenoxy) is 1. The van der Waals surface area contributed by atoms with Gasteiger partial charge in [-0.15, -0.1) is 0 Å². The van der Waals surface area contributed by atoms with Crippen LogP contribution in [0, 0.1) is 6.92 Å². The molecule has 3 rings (SSSR count). The fourth-order valence-corrected chi connectivity index (χ4v) is 4.24. The van der Waals surface area contributed by atoms with Gasteiger partial charge in [-0.1, -0.05) is 72.9 Å². The molecule has 2 aromatic rings. The second-order valence-corrected chi connectivity index (χ2v) is 8.33. The minimum atomic E-state index is -1.06. The van der Waals surface area contributed by atoms with Crippen LogP contribution in [0.25, 0.3) is 6.08 Å². The number of aryl methyl sites for hydroxylation is 1. The number of carboxylic acid groups (broad SMARTS) is 1. The number of hydrogen-bond donors (Lipinski definition) is 1. The maximum atomic E-state index is 12.6. The number of amides is 1. The van der Waals surface area contributed by atoms with Crippen LogP contribution in [0.3, 0.4) is 0 Å². The monoisotopic (exact) mass is 427 g/mol. The molecule has 1 N–H and O–H groups in total. The normalized spacial score (nSPS) is 16.3. The fourth-order valence-electron chi connectivity index (χ4n) is 2.88. The van der Waals surface area contributed by atoms with Crippen molar-refractivity contribution in [2.24, 2.45) is 0 Å². The zero-order chi connectivity index (χ0) is 21.0. The van der Waals surface area contributed by atoms with Gasteiger partial charge >= 0.3 is 5.97 Å². The van der Waals surface area contributed by atoms with Gasteiger partial charge in [-0.25, -0.2) is 4.79 Å². The van der Waals surface area contributed by atoms with Crippen LogP contribution in [0.15, 0.2) is 53.4 Å². The molecule has 1 fully saturated rings. The van der Waals surface area contributed by atoms with Crippen molar-refractivity contribution in [1.29, 1.82) is 0 Å². The van der Waals surface area contributed by atoms with Crippen molar-refractivity contribution in [2.75, 3.05) is 0 Å². The molecule has 0 spiro atoms. The number of hydrogen-bond acceptors (Lipinski definition) is 5. The van der Waals surface area contributed by atoms with Crippen LogP contribution in [0.4, 0.5) is 0 Å². The summed E-state index contributed by atoms with van der Waals surface area (Å²) in [6, 6.07) is 14.6. The largest absolute Gasteiger partial charge is 0.489 e. The molecule has 0 radical (unpaired) electrons. The van der Waals surface area contributed by atoms with Crippen LogP contribution in [0.2, 0.25) is 0 Å². The van der Waals surface area contributed by atoms with Gasteiger partial charge in [-0.05, 0) is 42.7 Å². The summed E-state index contributed by atoms with van der Waals surface area (Å²) in [7, 11) is 0. The molecule has 7 heteroatoms. The molecule has 0 saturated carbocycles. The van der Waals surface area contributed by atoms with Gasteiger partial charge in [0.25, 0.3) is 5.91 Å². The molecule has 1 aliphatic rings. The Kier molecular flexibility index (Phi) is 6.71. The van der Waals surface area contributed by atoms with E-state index >= 15 is 0 Å². The maximum absolute atomic E-state index is 12.6. The van der Waals surface area contributed by atoms with Crippen molar-refractivity contribution in [3.05, 3.63) is 70.1 Å². The molecule has 0 bridgehead atoms. The SMILES string of the molecule is CCC(C(=O)O)N1C(=O)/C(=C\c2ccc(OCc3ccc(C)cc3)cc2)SC1=S. The van der Waals surface area contributed by atoms with Gasteiger partial charge in [-0.3, -0.25) is 9.69 Å². The molecule has 1 aliphatic heterocycles. The number of thioether (sulfide) groups is 1. The molecule has 0 aliphatic carbocycles. The third-order valence-corrected chi connectivity index (χ3v) is 5.84. The van der Waals surface area contributed by atoms with E-state index in [0.29, 0.717) is 17.9 Å². The number of carbonyl (C=O) groups is 2. The summed E-state index contributed by atoms with van der Waals surface area (Å²) in [5.41, 5.74) is 3.11. The molecule has 1 saturated heterocycles. The first-order valence-corrected chi connectivity index (χ1v) is 10.4. The minimum absolute atomic E-state index is 0.272. The van der Waals surface area contributed by atoms with Crippen molar-refractivity contribution in [3.63, 3.8) is 0 Å². The molecule has 1 atom stereocenters. The standard InChI is InChI=1S/C22H21NO4S2/c1-3-18(21(25)26)23-20(24)19(29-22(23)28)12-15-8-10-17(11-9-15)27-13-16-6-4-14(2)5-7-16/h4-12,18H,3,13H2,1-2H3,(H,25,26)/b19-12+. The molecule has 5 nitrogen and oxygen atoms in total. The number of thiocarbonyl (C=S) groups is 1. The first kappa shape index (κ1) is 21.1. The van der Waals surface area contributed by atoms with E-state index in [4.69, 9.17) is 17.0 Å². The Hall–Kier alpha value is -2.64. The highest BCUT2D eigenvalue weighted by Crippen LogP contribution is 2.34. The molecule has 150 valence electrons. The maximum Gasteiger partial charge on any atom is 0.326 e. The first-order chi connectivity index (χ1) is 13.9. The smallest absolute Gasteiger partial charge is 0.326 e. The lowest BCUT2D eigenvalue weighted by atomic mass is 10.1. The second-order valence-electron chi connectivity index (χ2n) is 6.66. The Morgan fingerprint density at radius 1 is 1.21 bits per heavy atom. The van der Waals surface area contributed by atoms with E-state index in [0.717, 1.165) is 28.6 Å². The fraction of sp³-hybridized carbons (Fsp3) is 0.227. The molecule has 2 aromatic carbocycles. The number of aliphatic carboxylic acids is 1. The zero-order valence-corrected chi connectivity index (χ0v) is 17.8. The number of rotatable bonds is 7. The average Bonchev–Trinajstić information content (AvgIpc) is 2.97. The van der Waals surface area contributed by atoms with Gasteiger partial charge in [0.15, 0.2) is 0 Å². The van der Waals surface area contributed by atoms with Gasteiger partial charge in [0.2, 0.25) is 0 Å². The summed E-state index contributed by atoms with van der Waals surface area (Å²) in [6.07, 6.45) is 2.01. The Labute approximate surface area is 179 Å². The lowest BCUT2D eigenvalue weighted by Gasteiger charge is -2.21. The van der Waals surface area contributed by atoms with E-state index in [1.165, 1.54) is 10.5 Å². The average molecular weight is 428 g/mol. The van der Waals surface area contributed by atoms with Crippen molar-refractivity contribution in [1.82, 2.24) is 4.90 Å². The Morgan fingerprint density at radius 2 is 1.86 bits per heavy atom. The molecular formula is C22H21NO4S2. The molecule has 1 amide bonds. The van der Waals surface area contributed by atoms with Crippen LogP contribution >= 0.6 is 24.0 Å². The quantitative estimate of drug-likeness (QED) is 0.513. The van der Waals surface area contributed by atoms with E-state index in [1.54, 1.807) is 13.0 Å². The number of benzene rings is 2. The highest BCUT2D eigenvalue weighted by Gasteiger charge is 2.39. The molecular weight excluding hydrogens is 406 g/mol. The van der Waals surface area contributed by atoms with Crippen LogP contribution < -0.4 is 4.74 Å². The van der Waals surface area contributed by atoms with E-state index in [2.05, 4.69) is 0 Å². The first-order valence-electron chi connectivity index (χ1n) is 9.17. The third kappa shape index (κ3) is 5.05. The number of carboxylic acids is 1. The predicted molar refractivity (Wildman–Crippen MR) is 119 cm³/mol. The van der Waals surface area contributed by atoms with E-state index in [9.17, 15) is 14.7 Å². The van der Waals surface area contributed by atoms with Crippen LogP contribution in [-0.2, 0) is 16.2 Å². The van der Waals surface area contributed by atoms with Crippen LogP contribution in [0.1, 0.15) is 30.0 Å². The topological polar surface area (TPSA) is 66.8 Å². The highest BCUT2D eigenvalue weighted by molar-refractivity contribution is 8.26. The van der Waals surface area contributed by atoms with Gasteiger partial charge in [0.1, 0.15) is 22.7 Å². The van der Waals surface area contributed by atoms with Crippen molar-refractivity contribution in [3.8, 4) is 5.75 Å². The van der Waals surface area contributed by atoms with Crippen LogP contribution in [0.5, 0.6) is 5.75 Å². The summed E-state index contributed by atoms with van der Waals surface area (Å²) in [5, 5.41) is 9.33. The Bertz CT molecular complexity index is 952. The summed E-state index contributed by atoms with van der Waals surface area (Å²) in [5.74, 6) is -0.693. The predicted octanol–water partition coefficient (Wildman–Crippen LogP) is 4.64. The summed E-state index contributed by atoms with van der Waals surface area (Å²) < 4.78 is 6.07. The Morgan fingerprint density at radius 3 is 2.45 bits per heavy atom. The summed E-state index contributed by atoms with van der Waals surface area (Å²) >= 11 is 6.35. The van der Waals surface area contributed by atoms with Crippen molar-refractivity contribution >= 4 is 46.3 Å². The molecule has 1 heterocycles. The lowest BCUT2D eigenvalue weighted by Crippen LogP contribution is -2.43. The van der Waals surface area contributed by atoms with Gasteiger partial charge in [0, 0.05) is 0 Å². The van der Waals surface area contributed by atoms with E-state index in [1.807, 2.05) is 55.5 Å². The lowest BCUT2D eigenvalue weighted by molar-refractivity contribution is -0.145. The van der Waals surface area contributed by atoms with E-state index in [-0.39, 0.29) is 10.2 Å². The van der Waals surface area contributed by atoms with E-state index < -0.39 is 12.0 Å². The summed E-state index contributed by atoms with van der Waals surface area (Å²) in [4.78, 5) is 25.6. The van der Waals surface area contributed by atoms with Gasteiger partial charge < -0.3 is 9.84 Å². The van der Waals surface area contributed by atoms with Gasteiger partial charge in [0.05, 0.1) is 4.91 Å². The minimum Gasteiger partial charge on any atom is -0.489 e. The summed E-state index contributed by atoms with van der Waals surface area (Å²) in [6.45, 7) is 4.24. The Balaban J connectivity index is 1.67. The van der Waals surface area contributed by atoms with Crippen molar-refractivity contribution < 1.29 is 19.4 Å².